The van der Waals surface area contributed by atoms with Crippen molar-refractivity contribution in [3.8, 4) is 0 Å². The maximum atomic E-state index is 12.5. The summed E-state index contributed by atoms with van der Waals surface area (Å²) < 4.78 is 37.5. The second kappa shape index (κ2) is 7.40. The summed E-state index contributed by atoms with van der Waals surface area (Å²) in [5.74, 6) is 1.32. The molecule has 2 aliphatic rings. The zero-order chi connectivity index (χ0) is 16.3. The van der Waals surface area contributed by atoms with Crippen LogP contribution < -0.4 is 0 Å². The highest BCUT2D eigenvalue weighted by atomic mass is 32.2. The predicted octanol–water partition coefficient (Wildman–Crippen LogP) is 1.59. The molecule has 22 heavy (non-hydrogen) atoms. The number of amides is 1. The molecular weight excluding hydrogens is 317 g/mol. The lowest BCUT2D eigenvalue weighted by Crippen LogP contribution is -2.48. The molecule has 0 bridgehead atoms. The van der Waals surface area contributed by atoms with Crippen molar-refractivity contribution >= 4 is 17.7 Å². The number of hydrogen-bond donors (Lipinski definition) is 1. The topological polar surface area (TPSA) is 43.8 Å². The van der Waals surface area contributed by atoms with Crippen molar-refractivity contribution in [2.24, 2.45) is 5.92 Å². The van der Waals surface area contributed by atoms with Gasteiger partial charge < -0.3 is 10.0 Å². The number of hydrogen-bond acceptors (Lipinski definition) is 4. The van der Waals surface area contributed by atoms with Crippen LogP contribution in [0.1, 0.15) is 19.3 Å². The third-order valence-corrected chi connectivity index (χ3v) is 5.73. The minimum absolute atomic E-state index is 0.0284. The molecule has 2 unspecified atom stereocenters. The molecule has 0 saturated carbocycles. The van der Waals surface area contributed by atoms with Gasteiger partial charge in [-0.05, 0) is 38.0 Å². The van der Waals surface area contributed by atoms with Gasteiger partial charge in [0, 0.05) is 24.9 Å². The molecule has 0 aliphatic carbocycles. The summed E-state index contributed by atoms with van der Waals surface area (Å²) in [5.41, 5.74) is 0. The second-order valence-electron chi connectivity index (χ2n) is 6.14. The van der Waals surface area contributed by atoms with Crippen LogP contribution in [0.25, 0.3) is 0 Å². The number of halogens is 3. The van der Waals surface area contributed by atoms with Crippen molar-refractivity contribution in [3.63, 3.8) is 0 Å². The molecule has 128 valence electrons. The highest BCUT2D eigenvalue weighted by Crippen LogP contribution is 2.31. The SMILES string of the molecule is CN(CC(=O)N1CCC(C(O)C(F)(F)F)CC1)C1CCSC1. The average molecular weight is 340 g/mol. The number of carbonyl (C=O) groups is 1. The van der Waals surface area contributed by atoms with Crippen LogP contribution in [0.3, 0.4) is 0 Å². The van der Waals surface area contributed by atoms with E-state index in [0.29, 0.717) is 25.7 Å². The number of piperidine rings is 1. The quantitative estimate of drug-likeness (QED) is 0.844. The Balaban J connectivity index is 1.77. The van der Waals surface area contributed by atoms with Crippen LogP contribution in [0.5, 0.6) is 0 Å². The number of aliphatic hydroxyl groups excluding tert-OH is 1. The van der Waals surface area contributed by atoms with Gasteiger partial charge in [-0.3, -0.25) is 9.69 Å². The molecule has 0 aromatic carbocycles. The van der Waals surface area contributed by atoms with Gasteiger partial charge in [0.2, 0.25) is 5.91 Å². The Bertz CT molecular complexity index is 381. The molecule has 4 nitrogen and oxygen atoms in total. The molecule has 1 N–H and O–H groups in total. The third-order valence-electron chi connectivity index (χ3n) is 4.59. The highest BCUT2D eigenvalue weighted by molar-refractivity contribution is 7.99. The zero-order valence-electron chi connectivity index (χ0n) is 12.7. The Labute approximate surface area is 133 Å². The standard InChI is InChI=1S/C14H23F3N2O2S/c1-18(11-4-7-22-9-11)8-12(20)19-5-2-10(3-6-19)13(21)14(15,16)17/h10-11,13,21H,2-9H2,1H3. The van der Waals surface area contributed by atoms with E-state index in [1.54, 1.807) is 4.90 Å². The average Bonchev–Trinajstić information content (AvgIpc) is 3.00. The lowest BCUT2D eigenvalue weighted by Gasteiger charge is -2.36. The molecule has 2 rings (SSSR count). The van der Waals surface area contributed by atoms with Gasteiger partial charge in [-0.1, -0.05) is 0 Å². The molecule has 0 aromatic rings. The molecule has 2 saturated heterocycles. The van der Waals surface area contributed by atoms with E-state index in [2.05, 4.69) is 0 Å². The van der Waals surface area contributed by atoms with E-state index >= 15 is 0 Å². The van der Waals surface area contributed by atoms with Crippen LogP contribution >= 0.6 is 11.8 Å². The van der Waals surface area contributed by atoms with Gasteiger partial charge in [0.1, 0.15) is 0 Å². The Morgan fingerprint density at radius 1 is 1.36 bits per heavy atom. The van der Waals surface area contributed by atoms with Crippen molar-refractivity contribution < 1.29 is 23.1 Å². The van der Waals surface area contributed by atoms with Gasteiger partial charge in [-0.15, -0.1) is 0 Å². The fraction of sp³-hybridized carbons (Fsp3) is 0.929. The molecular formula is C14H23F3N2O2S. The van der Waals surface area contributed by atoms with Gasteiger partial charge >= 0.3 is 6.18 Å². The number of thioether (sulfide) groups is 1. The number of carbonyl (C=O) groups excluding carboxylic acids is 1. The van der Waals surface area contributed by atoms with E-state index in [1.807, 2.05) is 23.7 Å². The maximum absolute atomic E-state index is 12.5. The van der Waals surface area contributed by atoms with Crippen LogP contribution in [0.2, 0.25) is 0 Å². The monoisotopic (exact) mass is 340 g/mol. The Morgan fingerprint density at radius 3 is 2.50 bits per heavy atom. The van der Waals surface area contributed by atoms with Crippen molar-refractivity contribution in [2.75, 3.05) is 38.2 Å². The van der Waals surface area contributed by atoms with Gasteiger partial charge in [0.15, 0.2) is 6.10 Å². The van der Waals surface area contributed by atoms with Crippen molar-refractivity contribution in [2.45, 2.75) is 37.6 Å². The molecule has 1 amide bonds. The van der Waals surface area contributed by atoms with Gasteiger partial charge in [-0.2, -0.15) is 24.9 Å². The minimum Gasteiger partial charge on any atom is -0.383 e. The fourth-order valence-electron chi connectivity index (χ4n) is 3.04. The van der Waals surface area contributed by atoms with Crippen LogP contribution in [-0.2, 0) is 4.79 Å². The number of rotatable bonds is 4. The first-order valence-electron chi connectivity index (χ1n) is 7.59. The van der Waals surface area contributed by atoms with E-state index in [1.165, 1.54) is 0 Å². The minimum atomic E-state index is -4.57. The second-order valence-corrected chi connectivity index (χ2v) is 7.29. The van der Waals surface area contributed by atoms with E-state index in [4.69, 9.17) is 0 Å². The van der Waals surface area contributed by atoms with Crippen LogP contribution in [0, 0.1) is 5.92 Å². The molecule has 0 radical (unpaired) electrons. The summed E-state index contributed by atoms with van der Waals surface area (Å²) in [4.78, 5) is 15.9. The lowest BCUT2D eigenvalue weighted by atomic mass is 9.91. The van der Waals surface area contributed by atoms with Crippen molar-refractivity contribution in [1.29, 1.82) is 0 Å². The number of aliphatic hydroxyl groups is 1. The molecule has 2 fully saturated rings. The maximum Gasteiger partial charge on any atom is 0.414 e. The summed E-state index contributed by atoms with van der Waals surface area (Å²) in [6.45, 7) is 0.908. The van der Waals surface area contributed by atoms with E-state index in [0.717, 1.165) is 17.9 Å². The Morgan fingerprint density at radius 2 is 2.00 bits per heavy atom. The number of likely N-dealkylation sites (tertiary alicyclic amines) is 1. The normalized spacial score (nSPS) is 25.7. The smallest absolute Gasteiger partial charge is 0.383 e. The number of alkyl halides is 3. The van der Waals surface area contributed by atoms with Crippen molar-refractivity contribution in [1.82, 2.24) is 9.80 Å². The lowest BCUT2D eigenvalue weighted by molar-refractivity contribution is -0.222. The largest absolute Gasteiger partial charge is 0.414 e. The fourth-order valence-corrected chi connectivity index (χ4v) is 4.34. The van der Waals surface area contributed by atoms with Gasteiger partial charge in [0.05, 0.1) is 6.54 Å². The summed E-state index contributed by atoms with van der Waals surface area (Å²) in [5, 5.41) is 9.29. The first-order chi connectivity index (χ1) is 10.3. The van der Waals surface area contributed by atoms with Crippen LogP contribution in [0.4, 0.5) is 13.2 Å². The van der Waals surface area contributed by atoms with Crippen molar-refractivity contribution in [3.05, 3.63) is 0 Å². The Hall–Kier alpha value is -0.470. The first-order valence-corrected chi connectivity index (χ1v) is 8.75. The summed E-state index contributed by atoms with van der Waals surface area (Å²) in [6.07, 6.45) is -5.36. The van der Waals surface area contributed by atoms with Crippen LogP contribution in [-0.4, -0.2) is 77.3 Å². The highest BCUT2D eigenvalue weighted by Gasteiger charge is 2.44. The molecule has 8 heteroatoms. The molecule has 0 spiro atoms. The molecule has 2 atom stereocenters. The third kappa shape index (κ3) is 4.52. The van der Waals surface area contributed by atoms with Crippen LogP contribution in [0.15, 0.2) is 0 Å². The summed E-state index contributed by atoms with van der Waals surface area (Å²) in [7, 11) is 1.93. The summed E-state index contributed by atoms with van der Waals surface area (Å²) >= 11 is 1.88. The number of nitrogens with zero attached hydrogens (tertiary/aromatic N) is 2. The molecule has 2 aliphatic heterocycles. The predicted molar refractivity (Wildman–Crippen MR) is 79.7 cm³/mol. The van der Waals surface area contributed by atoms with E-state index in [9.17, 15) is 23.1 Å². The molecule has 2 heterocycles. The van der Waals surface area contributed by atoms with E-state index < -0.39 is 18.2 Å². The molecule has 0 aromatic heterocycles. The van der Waals surface area contributed by atoms with Gasteiger partial charge in [-0.25, -0.2) is 0 Å². The first kappa shape index (κ1) is 17.9. The zero-order valence-corrected chi connectivity index (χ0v) is 13.5. The van der Waals surface area contributed by atoms with E-state index in [-0.39, 0.29) is 18.7 Å². The Kier molecular flexibility index (Phi) is 6.01. The number of likely N-dealkylation sites (N-methyl/N-ethyl adjacent to an activating group) is 1. The summed E-state index contributed by atoms with van der Waals surface area (Å²) in [6, 6.07) is 0.415. The van der Waals surface area contributed by atoms with Gasteiger partial charge in [0.25, 0.3) is 0 Å².